The van der Waals surface area contributed by atoms with Crippen molar-refractivity contribution in [3.8, 4) is 5.75 Å². The molecule has 0 saturated heterocycles. The van der Waals surface area contributed by atoms with Crippen molar-refractivity contribution in [2.45, 2.75) is 18.8 Å². The topological polar surface area (TPSA) is 59.1 Å². The Morgan fingerprint density at radius 3 is 2.83 bits per heavy atom. The summed E-state index contributed by atoms with van der Waals surface area (Å²) in [5.41, 5.74) is 7.83. The summed E-state index contributed by atoms with van der Waals surface area (Å²) in [5.74, 6) is 0.217. The molecule has 4 heteroatoms. The smallest absolute Gasteiger partial charge is 0.141 e. The molecule has 1 aromatic heterocycles. The first kappa shape index (κ1) is 9.48. The number of nitrogens with two attached hydrogens (primary N) is 1. The molecule has 0 aliphatic carbocycles. The van der Waals surface area contributed by atoms with E-state index in [4.69, 9.17) is 5.73 Å². The van der Waals surface area contributed by atoms with Gasteiger partial charge in [0.25, 0.3) is 0 Å². The van der Waals surface area contributed by atoms with E-state index in [1.165, 1.54) is 0 Å². The third-order valence-electron chi connectivity index (χ3n) is 1.78. The second kappa shape index (κ2) is 3.87. The molecule has 66 valence electrons. The molecular weight excluding hydrogens is 220 g/mol. The van der Waals surface area contributed by atoms with Gasteiger partial charge in [-0.25, -0.2) is 0 Å². The fourth-order valence-electron chi connectivity index (χ4n) is 1.03. The van der Waals surface area contributed by atoms with E-state index in [9.17, 15) is 5.11 Å². The first-order chi connectivity index (χ1) is 5.70. The van der Waals surface area contributed by atoms with E-state index in [-0.39, 0.29) is 5.75 Å². The molecule has 0 radical (unpaired) electrons. The lowest BCUT2D eigenvalue weighted by Crippen LogP contribution is -2.03. The Kier molecular flexibility index (Phi) is 3.05. The highest BCUT2D eigenvalue weighted by atomic mass is 79.9. The average molecular weight is 231 g/mol. The summed E-state index contributed by atoms with van der Waals surface area (Å²) < 4.78 is 0. The van der Waals surface area contributed by atoms with Crippen LogP contribution in [0.4, 0.5) is 0 Å². The maximum absolute atomic E-state index is 9.55. The molecule has 0 unspecified atom stereocenters. The van der Waals surface area contributed by atoms with Crippen LogP contribution in [0.25, 0.3) is 0 Å². The van der Waals surface area contributed by atoms with Gasteiger partial charge >= 0.3 is 0 Å². The second-order valence-electron chi connectivity index (χ2n) is 2.53. The van der Waals surface area contributed by atoms with Crippen LogP contribution in [-0.4, -0.2) is 10.1 Å². The number of hydrogen-bond donors (Lipinski definition) is 2. The summed E-state index contributed by atoms with van der Waals surface area (Å²) in [4.78, 5) is 4.02. The summed E-state index contributed by atoms with van der Waals surface area (Å²) >= 11 is 3.30. The average Bonchev–Trinajstić information content (AvgIpc) is 2.09. The van der Waals surface area contributed by atoms with E-state index in [2.05, 4.69) is 20.9 Å². The number of aromatic nitrogens is 1. The number of rotatable bonds is 2. The Morgan fingerprint density at radius 2 is 2.33 bits per heavy atom. The van der Waals surface area contributed by atoms with Gasteiger partial charge in [0.1, 0.15) is 5.75 Å². The van der Waals surface area contributed by atoms with E-state index in [0.29, 0.717) is 17.6 Å². The summed E-state index contributed by atoms with van der Waals surface area (Å²) in [6, 6.07) is 0. The minimum Gasteiger partial charge on any atom is -0.506 e. The molecule has 0 aliphatic heterocycles. The molecule has 0 bridgehead atoms. The molecule has 3 N–H and O–H groups in total. The molecule has 0 saturated carbocycles. The van der Waals surface area contributed by atoms with Gasteiger partial charge in [-0.15, -0.1) is 0 Å². The number of alkyl halides is 1. The highest BCUT2D eigenvalue weighted by Crippen LogP contribution is 2.24. The van der Waals surface area contributed by atoms with Crippen LogP contribution < -0.4 is 5.73 Å². The van der Waals surface area contributed by atoms with Crippen LogP contribution in [-0.2, 0) is 11.9 Å². The van der Waals surface area contributed by atoms with E-state index in [0.717, 1.165) is 11.1 Å². The lowest BCUT2D eigenvalue weighted by molar-refractivity contribution is 0.459. The molecule has 0 atom stereocenters. The van der Waals surface area contributed by atoms with E-state index in [1.807, 2.05) is 0 Å². The molecule has 1 heterocycles. The molecule has 0 amide bonds. The van der Waals surface area contributed by atoms with Crippen LogP contribution in [0, 0.1) is 6.92 Å². The van der Waals surface area contributed by atoms with Crippen LogP contribution in [0.15, 0.2) is 6.20 Å². The van der Waals surface area contributed by atoms with Gasteiger partial charge in [-0.1, -0.05) is 15.9 Å². The van der Waals surface area contributed by atoms with Crippen molar-refractivity contribution in [2.24, 2.45) is 5.73 Å². The molecule has 1 rings (SSSR count). The molecule has 1 aromatic rings. The zero-order valence-electron chi connectivity index (χ0n) is 6.84. The number of hydrogen-bond acceptors (Lipinski definition) is 3. The molecule has 12 heavy (non-hydrogen) atoms. The van der Waals surface area contributed by atoms with Gasteiger partial charge < -0.3 is 10.8 Å². The number of halogens is 1. The quantitative estimate of drug-likeness (QED) is 0.757. The highest BCUT2D eigenvalue weighted by molar-refractivity contribution is 9.08. The molecule has 0 aromatic carbocycles. The molecule has 3 nitrogen and oxygen atoms in total. The van der Waals surface area contributed by atoms with Gasteiger partial charge in [-0.3, -0.25) is 4.98 Å². The third kappa shape index (κ3) is 1.59. The number of nitrogens with zero attached hydrogens (tertiary/aromatic N) is 1. The van der Waals surface area contributed by atoms with Gasteiger partial charge in [0.2, 0.25) is 0 Å². The van der Waals surface area contributed by atoms with Crippen LogP contribution in [0.5, 0.6) is 5.75 Å². The van der Waals surface area contributed by atoms with Crippen molar-refractivity contribution in [2.75, 3.05) is 0 Å². The maximum Gasteiger partial charge on any atom is 0.141 e. The zero-order chi connectivity index (χ0) is 9.14. The van der Waals surface area contributed by atoms with Crippen LogP contribution >= 0.6 is 15.9 Å². The first-order valence-electron chi connectivity index (χ1n) is 3.63. The Bertz CT molecular complexity index is 289. The van der Waals surface area contributed by atoms with Gasteiger partial charge in [0.05, 0.1) is 5.69 Å². The molecular formula is C8H11BrN2O. The third-order valence-corrected chi connectivity index (χ3v) is 2.38. The van der Waals surface area contributed by atoms with Gasteiger partial charge in [-0.05, 0) is 12.5 Å². The second-order valence-corrected chi connectivity index (χ2v) is 3.09. The van der Waals surface area contributed by atoms with Gasteiger partial charge in [0.15, 0.2) is 0 Å². The first-order valence-corrected chi connectivity index (χ1v) is 4.75. The summed E-state index contributed by atoms with van der Waals surface area (Å²) in [6.45, 7) is 2.10. The SMILES string of the molecule is Cc1ncc(CBr)c(CN)c1O. The summed E-state index contributed by atoms with van der Waals surface area (Å²) in [6.07, 6.45) is 1.73. The Balaban J connectivity index is 3.25. The molecule has 0 spiro atoms. The minimum absolute atomic E-state index is 0.217. The predicted molar refractivity (Wildman–Crippen MR) is 51.2 cm³/mol. The highest BCUT2D eigenvalue weighted by Gasteiger charge is 2.08. The van der Waals surface area contributed by atoms with Crippen molar-refractivity contribution in [1.82, 2.24) is 4.98 Å². The summed E-state index contributed by atoms with van der Waals surface area (Å²) in [5, 5.41) is 10.2. The molecule has 0 aliphatic rings. The normalized spacial score (nSPS) is 10.2. The number of aryl methyl sites for hydroxylation is 1. The maximum atomic E-state index is 9.55. The van der Waals surface area contributed by atoms with E-state index in [1.54, 1.807) is 13.1 Å². The monoisotopic (exact) mass is 230 g/mol. The zero-order valence-corrected chi connectivity index (χ0v) is 8.43. The Morgan fingerprint density at radius 1 is 1.67 bits per heavy atom. The van der Waals surface area contributed by atoms with Crippen molar-refractivity contribution < 1.29 is 5.11 Å². The lowest BCUT2D eigenvalue weighted by Gasteiger charge is -2.08. The Hall–Kier alpha value is -0.610. The van der Waals surface area contributed by atoms with Crippen molar-refractivity contribution in [3.63, 3.8) is 0 Å². The molecule has 0 fully saturated rings. The van der Waals surface area contributed by atoms with Crippen LogP contribution in [0.1, 0.15) is 16.8 Å². The summed E-state index contributed by atoms with van der Waals surface area (Å²) in [7, 11) is 0. The van der Waals surface area contributed by atoms with Crippen LogP contribution in [0.3, 0.4) is 0 Å². The Labute approximate surface area is 79.7 Å². The fourth-order valence-corrected chi connectivity index (χ4v) is 1.51. The van der Waals surface area contributed by atoms with Crippen molar-refractivity contribution >= 4 is 15.9 Å². The van der Waals surface area contributed by atoms with E-state index < -0.39 is 0 Å². The van der Waals surface area contributed by atoms with Gasteiger partial charge in [-0.2, -0.15) is 0 Å². The van der Waals surface area contributed by atoms with Crippen LogP contribution in [0.2, 0.25) is 0 Å². The van der Waals surface area contributed by atoms with Crippen molar-refractivity contribution in [3.05, 3.63) is 23.0 Å². The minimum atomic E-state index is 0.217. The van der Waals surface area contributed by atoms with Crippen molar-refractivity contribution in [1.29, 1.82) is 0 Å². The fraction of sp³-hybridized carbons (Fsp3) is 0.375. The lowest BCUT2D eigenvalue weighted by atomic mass is 10.1. The van der Waals surface area contributed by atoms with E-state index >= 15 is 0 Å². The number of aromatic hydroxyl groups is 1. The largest absolute Gasteiger partial charge is 0.506 e. The van der Waals surface area contributed by atoms with Gasteiger partial charge in [0, 0.05) is 23.6 Å². The predicted octanol–water partition coefficient (Wildman–Crippen LogP) is 1.45. The number of pyridine rings is 1. The standard InChI is InChI=1S/C8H11BrN2O/c1-5-8(12)7(3-10)6(2-9)4-11-5/h4,12H,2-3,10H2,1H3.